The number of aliphatic carboxylic acids is 1. The van der Waals surface area contributed by atoms with E-state index >= 15 is 0 Å². The minimum absolute atomic E-state index is 0.281. The molecular weight excluding hydrogens is 238 g/mol. The molecule has 2 fully saturated rings. The van der Waals surface area contributed by atoms with Crippen LogP contribution in [0.5, 0.6) is 0 Å². The lowest BCUT2D eigenvalue weighted by Crippen LogP contribution is -2.68. The zero-order valence-corrected chi connectivity index (χ0v) is 13.0. The van der Waals surface area contributed by atoms with Crippen molar-refractivity contribution in [2.75, 3.05) is 13.1 Å². The van der Waals surface area contributed by atoms with Gasteiger partial charge in [0.25, 0.3) is 0 Å². The molecule has 2 rings (SSSR count). The van der Waals surface area contributed by atoms with Crippen LogP contribution in [0, 0.1) is 10.8 Å². The second-order valence-electron chi connectivity index (χ2n) is 7.76. The van der Waals surface area contributed by atoms with Crippen molar-refractivity contribution >= 4 is 5.97 Å². The molecule has 0 radical (unpaired) electrons. The Bertz CT molecular complexity index is 344. The van der Waals surface area contributed by atoms with Crippen molar-refractivity contribution in [3.63, 3.8) is 0 Å². The van der Waals surface area contributed by atoms with Crippen LogP contribution < -0.4 is 0 Å². The molecule has 0 aromatic rings. The average molecular weight is 267 g/mol. The lowest BCUT2D eigenvalue weighted by molar-refractivity contribution is -0.167. The molecule has 0 aromatic heterocycles. The van der Waals surface area contributed by atoms with E-state index in [1.807, 2.05) is 13.8 Å². The van der Waals surface area contributed by atoms with Gasteiger partial charge in [-0.3, -0.25) is 9.69 Å². The van der Waals surface area contributed by atoms with Gasteiger partial charge in [0.2, 0.25) is 0 Å². The molecule has 1 aliphatic carbocycles. The van der Waals surface area contributed by atoms with Crippen LogP contribution in [0.4, 0.5) is 0 Å². The highest BCUT2D eigenvalue weighted by Crippen LogP contribution is 2.49. The maximum Gasteiger partial charge on any atom is 0.310 e. The SMILES string of the molecule is CC(C)(C(=O)O)C(C)(C)N1CC2(CCCCCC2)C1. The van der Waals surface area contributed by atoms with Crippen molar-refractivity contribution in [1.82, 2.24) is 4.90 Å². The molecule has 2 aliphatic rings. The highest BCUT2D eigenvalue weighted by Gasteiger charge is 2.54. The van der Waals surface area contributed by atoms with E-state index in [2.05, 4.69) is 18.7 Å². The number of nitrogens with zero attached hydrogens (tertiary/aromatic N) is 1. The summed E-state index contributed by atoms with van der Waals surface area (Å²) in [6.45, 7) is 10.1. The Morgan fingerprint density at radius 1 is 1.00 bits per heavy atom. The Morgan fingerprint density at radius 2 is 1.47 bits per heavy atom. The second-order valence-corrected chi connectivity index (χ2v) is 7.76. The fraction of sp³-hybridized carbons (Fsp3) is 0.938. The molecule has 0 amide bonds. The summed E-state index contributed by atoms with van der Waals surface area (Å²) < 4.78 is 0. The third-order valence-electron chi connectivity index (χ3n) is 6.07. The Kier molecular flexibility index (Phi) is 3.72. The molecule has 3 heteroatoms. The molecule has 1 saturated heterocycles. The van der Waals surface area contributed by atoms with Crippen molar-refractivity contribution in [2.45, 2.75) is 71.8 Å². The standard InChI is InChI=1S/C16H29NO2/c1-14(2,13(18)19)15(3,4)17-11-16(12-17)9-7-5-6-8-10-16/h5-12H2,1-4H3,(H,18,19). The van der Waals surface area contributed by atoms with Crippen LogP contribution in [-0.2, 0) is 4.79 Å². The predicted octanol–water partition coefficient (Wildman–Crippen LogP) is 3.53. The van der Waals surface area contributed by atoms with Crippen molar-refractivity contribution in [2.24, 2.45) is 10.8 Å². The van der Waals surface area contributed by atoms with Gasteiger partial charge in [0, 0.05) is 18.6 Å². The van der Waals surface area contributed by atoms with Crippen molar-refractivity contribution in [3.05, 3.63) is 0 Å². The largest absolute Gasteiger partial charge is 0.481 e. The second kappa shape index (κ2) is 4.76. The molecule has 1 saturated carbocycles. The van der Waals surface area contributed by atoms with Gasteiger partial charge in [-0.25, -0.2) is 0 Å². The molecule has 0 aromatic carbocycles. The minimum Gasteiger partial charge on any atom is -0.481 e. The van der Waals surface area contributed by atoms with Gasteiger partial charge >= 0.3 is 5.97 Å². The number of hydrogen-bond donors (Lipinski definition) is 1. The summed E-state index contributed by atoms with van der Waals surface area (Å²) in [5.41, 5.74) is -0.488. The summed E-state index contributed by atoms with van der Waals surface area (Å²) >= 11 is 0. The summed E-state index contributed by atoms with van der Waals surface area (Å²) in [7, 11) is 0. The molecule has 0 bridgehead atoms. The van der Waals surface area contributed by atoms with E-state index in [1.54, 1.807) is 0 Å². The van der Waals surface area contributed by atoms with E-state index in [0.717, 1.165) is 13.1 Å². The molecule has 19 heavy (non-hydrogen) atoms. The highest BCUT2D eigenvalue weighted by atomic mass is 16.4. The maximum absolute atomic E-state index is 11.5. The fourth-order valence-corrected chi connectivity index (χ4v) is 3.61. The van der Waals surface area contributed by atoms with E-state index in [9.17, 15) is 9.90 Å². The lowest BCUT2D eigenvalue weighted by Gasteiger charge is -2.60. The summed E-state index contributed by atoms with van der Waals surface area (Å²) in [5.74, 6) is -0.695. The number of hydrogen-bond acceptors (Lipinski definition) is 2. The van der Waals surface area contributed by atoms with Gasteiger partial charge < -0.3 is 5.11 Å². The van der Waals surface area contributed by atoms with E-state index in [4.69, 9.17) is 0 Å². The van der Waals surface area contributed by atoms with Gasteiger partial charge in [-0.15, -0.1) is 0 Å². The molecule has 1 N–H and O–H groups in total. The van der Waals surface area contributed by atoms with Gasteiger partial charge in [-0.1, -0.05) is 25.7 Å². The number of rotatable bonds is 3. The van der Waals surface area contributed by atoms with Crippen LogP contribution in [-0.4, -0.2) is 34.6 Å². The van der Waals surface area contributed by atoms with Crippen molar-refractivity contribution < 1.29 is 9.90 Å². The van der Waals surface area contributed by atoms with E-state index < -0.39 is 11.4 Å². The Labute approximate surface area is 117 Å². The first-order valence-electron chi connectivity index (χ1n) is 7.70. The van der Waals surface area contributed by atoms with Gasteiger partial charge in [-0.2, -0.15) is 0 Å². The lowest BCUT2D eigenvalue weighted by atomic mass is 9.66. The minimum atomic E-state index is -0.709. The van der Waals surface area contributed by atoms with Crippen LogP contribution in [0.1, 0.15) is 66.2 Å². The molecule has 1 aliphatic heterocycles. The van der Waals surface area contributed by atoms with Crippen LogP contribution in [0.2, 0.25) is 0 Å². The number of carboxylic acid groups (broad SMARTS) is 1. The molecule has 0 atom stereocenters. The Morgan fingerprint density at radius 3 is 1.89 bits per heavy atom. The average Bonchev–Trinajstić information content (AvgIpc) is 2.51. The smallest absolute Gasteiger partial charge is 0.310 e. The summed E-state index contributed by atoms with van der Waals surface area (Å²) in [6, 6.07) is 0. The van der Waals surface area contributed by atoms with Crippen LogP contribution in [0.25, 0.3) is 0 Å². The maximum atomic E-state index is 11.5. The van der Waals surface area contributed by atoms with E-state index in [-0.39, 0.29) is 5.54 Å². The molecule has 3 nitrogen and oxygen atoms in total. The first kappa shape index (κ1) is 14.8. The van der Waals surface area contributed by atoms with Crippen LogP contribution in [0.3, 0.4) is 0 Å². The third kappa shape index (κ3) is 2.42. The van der Waals surface area contributed by atoms with Crippen LogP contribution in [0.15, 0.2) is 0 Å². The zero-order chi connectivity index (χ0) is 14.3. The number of likely N-dealkylation sites (tertiary alicyclic amines) is 1. The summed E-state index contributed by atoms with van der Waals surface area (Å²) in [6.07, 6.45) is 8.16. The molecule has 0 unspecified atom stereocenters. The summed E-state index contributed by atoms with van der Waals surface area (Å²) in [4.78, 5) is 13.9. The predicted molar refractivity (Wildman–Crippen MR) is 77.2 cm³/mol. The van der Waals surface area contributed by atoms with Gasteiger partial charge in [-0.05, 0) is 46.0 Å². The molecular formula is C16H29NO2. The van der Waals surface area contributed by atoms with Crippen molar-refractivity contribution in [1.29, 1.82) is 0 Å². The highest BCUT2D eigenvalue weighted by molar-refractivity contribution is 5.75. The quantitative estimate of drug-likeness (QED) is 0.850. The van der Waals surface area contributed by atoms with Crippen LogP contribution >= 0.6 is 0 Å². The number of carboxylic acids is 1. The Balaban J connectivity index is 2.04. The fourth-order valence-electron chi connectivity index (χ4n) is 3.61. The molecule has 1 spiro atoms. The Hall–Kier alpha value is -0.570. The first-order chi connectivity index (χ1) is 8.71. The summed E-state index contributed by atoms with van der Waals surface area (Å²) in [5, 5.41) is 9.47. The number of carbonyl (C=O) groups is 1. The topological polar surface area (TPSA) is 40.5 Å². The molecule has 110 valence electrons. The van der Waals surface area contributed by atoms with Gasteiger partial charge in [0.15, 0.2) is 0 Å². The van der Waals surface area contributed by atoms with Gasteiger partial charge in [0.05, 0.1) is 5.41 Å². The van der Waals surface area contributed by atoms with Gasteiger partial charge in [0.1, 0.15) is 0 Å². The normalized spacial score (nSPS) is 24.8. The van der Waals surface area contributed by atoms with Crippen molar-refractivity contribution in [3.8, 4) is 0 Å². The monoisotopic (exact) mass is 267 g/mol. The van der Waals surface area contributed by atoms with E-state index in [0.29, 0.717) is 5.41 Å². The van der Waals surface area contributed by atoms with E-state index in [1.165, 1.54) is 38.5 Å². The zero-order valence-electron chi connectivity index (χ0n) is 13.0. The molecule has 1 heterocycles. The first-order valence-corrected chi connectivity index (χ1v) is 7.70. The third-order valence-corrected chi connectivity index (χ3v) is 6.07.